The van der Waals surface area contributed by atoms with E-state index < -0.39 is 11.6 Å². The van der Waals surface area contributed by atoms with Gasteiger partial charge in [0.05, 0.1) is 10.9 Å². The molecule has 4 heterocycles. The van der Waals surface area contributed by atoms with Gasteiger partial charge >= 0.3 is 0 Å². The molecule has 6 rings (SSSR count). The van der Waals surface area contributed by atoms with E-state index in [9.17, 15) is 8.78 Å². The summed E-state index contributed by atoms with van der Waals surface area (Å²) in [4.78, 5) is 21.1. The molecular weight excluding hydrogens is 496 g/mol. The quantitative estimate of drug-likeness (QED) is 0.303. The number of aryl methyl sites for hydroxylation is 1. The zero-order valence-electron chi connectivity index (χ0n) is 22.2. The second-order valence-corrected chi connectivity index (χ2v) is 10.2. The van der Waals surface area contributed by atoms with Crippen molar-refractivity contribution < 1.29 is 8.78 Å². The molecule has 0 N–H and O–H groups in total. The third kappa shape index (κ3) is 4.90. The van der Waals surface area contributed by atoms with Crippen molar-refractivity contribution in [3.8, 4) is 0 Å². The first-order chi connectivity index (χ1) is 19.0. The molecule has 1 aliphatic rings. The molecule has 0 bridgehead atoms. The number of hydrogen-bond donors (Lipinski definition) is 0. The number of pyridine rings is 1. The standard InChI is InChI=1S/C30H31F2N7/c1-36(19-22-6-4-3-5-7-22)29-26-25(10-12-33-29)37(2)28-27(26)34-20-35-30(28)39-16-14-38(15-17-39)13-11-21-8-9-23(31)24(32)18-21/h3-10,12,18,20H,11,13-17,19H2,1-2H3. The lowest BCUT2D eigenvalue weighted by Gasteiger charge is -2.35. The van der Waals surface area contributed by atoms with Crippen LogP contribution in [0.15, 0.2) is 67.1 Å². The molecule has 0 amide bonds. The van der Waals surface area contributed by atoms with Gasteiger partial charge in [-0.05, 0) is 35.7 Å². The van der Waals surface area contributed by atoms with Gasteiger partial charge in [0.2, 0.25) is 0 Å². The largest absolute Gasteiger partial charge is 0.355 e. The minimum atomic E-state index is -0.803. The van der Waals surface area contributed by atoms with Gasteiger partial charge in [-0.3, -0.25) is 4.90 Å². The van der Waals surface area contributed by atoms with Crippen LogP contribution in [0, 0.1) is 11.6 Å². The van der Waals surface area contributed by atoms with Crippen molar-refractivity contribution in [1.29, 1.82) is 0 Å². The van der Waals surface area contributed by atoms with E-state index in [0.717, 1.165) is 78.4 Å². The Hall–Kier alpha value is -4.11. The van der Waals surface area contributed by atoms with E-state index in [-0.39, 0.29) is 0 Å². The van der Waals surface area contributed by atoms with Gasteiger partial charge in [0, 0.05) is 59.6 Å². The predicted octanol–water partition coefficient (Wildman–Crippen LogP) is 4.80. The molecule has 9 heteroatoms. The van der Waals surface area contributed by atoms with E-state index >= 15 is 0 Å². The predicted molar refractivity (Wildman–Crippen MR) is 151 cm³/mol. The molecule has 200 valence electrons. The molecule has 3 aromatic heterocycles. The molecule has 0 saturated carbocycles. The zero-order valence-corrected chi connectivity index (χ0v) is 22.2. The van der Waals surface area contributed by atoms with E-state index in [2.05, 4.69) is 57.6 Å². The van der Waals surface area contributed by atoms with E-state index in [1.54, 1.807) is 12.4 Å². The first-order valence-corrected chi connectivity index (χ1v) is 13.2. The molecule has 1 fully saturated rings. The number of fused-ring (bicyclic) bond motifs is 3. The van der Waals surface area contributed by atoms with E-state index in [1.807, 2.05) is 18.3 Å². The Balaban J connectivity index is 1.23. The highest BCUT2D eigenvalue weighted by atomic mass is 19.2. The maximum Gasteiger partial charge on any atom is 0.159 e. The second kappa shape index (κ2) is 10.6. The second-order valence-electron chi connectivity index (χ2n) is 10.2. The van der Waals surface area contributed by atoms with Gasteiger partial charge in [-0.1, -0.05) is 36.4 Å². The summed E-state index contributed by atoms with van der Waals surface area (Å²) in [5.74, 6) is 0.233. The Kier molecular flexibility index (Phi) is 6.83. The average molecular weight is 528 g/mol. The number of benzene rings is 2. The summed E-state index contributed by atoms with van der Waals surface area (Å²) in [5.41, 5.74) is 5.01. The molecule has 7 nitrogen and oxygen atoms in total. The van der Waals surface area contributed by atoms with Gasteiger partial charge in [-0.15, -0.1) is 0 Å². The summed E-state index contributed by atoms with van der Waals surface area (Å²) in [5, 5.41) is 1.03. The van der Waals surface area contributed by atoms with E-state index in [1.165, 1.54) is 17.7 Å². The maximum atomic E-state index is 13.6. The Morgan fingerprint density at radius 3 is 2.44 bits per heavy atom. The molecule has 1 saturated heterocycles. The fourth-order valence-electron chi connectivity index (χ4n) is 5.55. The van der Waals surface area contributed by atoms with Crippen LogP contribution in [-0.4, -0.2) is 64.2 Å². The highest BCUT2D eigenvalue weighted by Crippen LogP contribution is 2.36. The molecule has 0 radical (unpaired) electrons. The third-order valence-electron chi connectivity index (χ3n) is 7.64. The van der Waals surface area contributed by atoms with Crippen molar-refractivity contribution in [2.24, 2.45) is 7.05 Å². The molecule has 0 unspecified atom stereocenters. The lowest BCUT2D eigenvalue weighted by atomic mass is 10.1. The maximum absolute atomic E-state index is 13.6. The first-order valence-electron chi connectivity index (χ1n) is 13.2. The normalized spacial score (nSPS) is 14.4. The number of piperazine rings is 1. The Bertz CT molecular complexity index is 1610. The first kappa shape index (κ1) is 25.2. The van der Waals surface area contributed by atoms with Crippen molar-refractivity contribution in [1.82, 2.24) is 24.4 Å². The van der Waals surface area contributed by atoms with Crippen LogP contribution >= 0.6 is 0 Å². The molecule has 0 aliphatic carbocycles. The van der Waals surface area contributed by atoms with Gasteiger partial charge in [-0.2, -0.15) is 0 Å². The molecule has 1 aliphatic heterocycles. The molecule has 5 aromatic rings. The highest BCUT2D eigenvalue weighted by Gasteiger charge is 2.24. The molecule has 0 atom stereocenters. The lowest BCUT2D eigenvalue weighted by molar-refractivity contribution is 0.260. The van der Waals surface area contributed by atoms with Crippen LogP contribution < -0.4 is 9.80 Å². The van der Waals surface area contributed by atoms with Crippen LogP contribution in [0.25, 0.3) is 21.9 Å². The Morgan fingerprint density at radius 2 is 1.67 bits per heavy atom. The Labute approximate surface area is 226 Å². The summed E-state index contributed by atoms with van der Waals surface area (Å²) in [6.07, 6.45) is 4.20. The van der Waals surface area contributed by atoms with Gasteiger partial charge in [-0.25, -0.2) is 23.7 Å². The number of rotatable bonds is 7. The number of anilines is 2. The number of nitrogens with zero attached hydrogens (tertiary/aromatic N) is 7. The van der Waals surface area contributed by atoms with E-state index in [4.69, 9.17) is 15.0 Å². The minimum absolute atomic E-state index is 0.685. The minimum Gasteiger partial charge on any atom is -0.355 e. The van der Waals surface area contributed by atoms with Crippen LogP contribution in [0.3, 0.4) is 0 Å². The van der Waals surface area contributed by atoms with Gasteiger partial charge < -0.3 is 14.4 Å². The van der Waals surface area contributed by atoms with Crippen molar-refractivity contribution >= 4 is 33.6 Å². The van der Waals surface area contributed by atoms with Crippen molar-refractivity contribution in [3.63, 3.8) is 0 Å². The van der Waals surface area contributed by atoms with Crippen molar-refractivity contribution in [3.05, 3.63) is 89.9 Å². The third-order valence-corrected chi connectivity index (χ3v) is 7.64. The molecule has 0 spiro atoms. The van der Waals surface area contributed by atoms with Crippen LogP contribution in [-0.2, 0) is 20.0 Å². The van der Waals surface area contributed by atoms with Crippen LogP contribution in [0.5, 0.6) is 0 Å². The monoisotopic (exact) mass is 527 g/mol. The fraction of sp³-hybridized carbons (Fsp3) is 0.300. The molecule has 39 heavy (non-hydrogen) atoms. The van der Waals surface area contributed by atoms with Crippen molar-refractivity contribution in [2.75, 3.05) is 49.6 Å². The van der Waals surface area contributed by atoms with Crippen LogP contribution in [0.1, 0.15) is 11.1 Å². The van der Waals surface area contributed by atoms with Crippen LogP contribution in [0.2, 0.25) is 0 Å². The van der Waals surface area contributed by atoms with E-state index in [0.29, 0.717) is 6.42 Å². The lowest BCUT2D eigenvalue weighted by Crippen LogP contribution is -2.47. The van der Waals surface area contributed by atoms with Gasteiger partial charge in [0.25, 0.3) is 0 Å². The van der Waals surface area contributed by atoms with Gasteiger partial charge in [0.1, 0.15) is 23.2 Å². The number of halogens is 2. The summed E-state index contributed by atoms with van der Waals surface area (Å²) in [7, 11) is 4.13. The SMILES string of the molecule is CN(Cc1ccccc1)c1nccc2c1c1ncnc(N3CCN(CCc4ccc(F)c(F)c4)CC3)c1n2C. The molecular formula is C30H31F2N7. The summed E-state index contributed by atoms with van der Waals surface area (Å²) in [6.45, 7) is 4.93. The number of aromatic nitrogens is 4. The topological polar surface area (TPSA) is 53.3 Å². The fourth-order valence-corrected chi connectivity index (χ4v) is 5.55. The summed E-state index contributed by atoms with van der Waals surface area (Å²) >= 11 is 0. The zero-order chi connectivity index (χ0) is 26.9. The Morgan fingerprint density at radius 1 is 0.872 bits per heavy atom. The smallest absolute Gasteiger partial charge is 0.159 e. The highest BCUT2D eigenvalue weighted by molar-refractivity contribution is 6.13. The number of hydrogen-bond acceptors (Lipinski definition) is 6. The average Bonchev–Trinajstić information content (AvgIpc) is 3.26. The summed E-state index contributed by atoms with van der Waals surface area (Å²) in [6, 6.07) is 16.6. The summed E-state index contributed by atoms with van der Waals surface area (Å²) < 4.78 is 29.0. The van der Waals surface area contributed by atoms with Crippen LogP contribution in [0.4, 0.5) is 20.4 Å². The van der Waals surface area contributed by atoms with Gasteiger partial charge in [0.15, 0.2) is 17.5 Å². The molecule has 2 aromatic carbocycles. The van der Waals surface area contributed by atoms with Crippen molar-refractivity contribution in [2.45, 2.75) is 13.0 Å².